The Morgan fingerprint density at radius 1 is 1.00 bits per heavy atom. The quantitative estimate of drug-likeness (QED) is 0.618. The lowest BCUT2D eigenvalue weighted by Crippen LogP contribution is -2.42. The summed E-state index contributed by atoms with van der Waals surface area (Å²) in [4.78, 5) is 2.63. The van der Waals surface area contributed by atoms with E-state index in [4.69, 9.17) is 0 Å². The topological polar surface area (TPSA) is 15.3 Å². The lowest BCUT2D eigenvalue weighted by molar-refractivity contribution is 0.151. The zero-order chi connectivity index (χ0) is 12.4. The van der Waals surface area contributed by atoms with E-state index in [1.807, 2.05) is 0 Å². The van der Waals surface area contributed by atoms with Crippen molar-refractivity contribution in [3.05, 3.63) is 0 Å². The summed E-state index contributed by atoms with van der Waals surface area (Å²) in [6.45, 7) is 14.1. The molecule has 0 amide bonds. The van der Waals surface area contributed by atoms with Gasteiger partial charge in [-0.3, -0.25) is 0 Å². The van der Waals surface area contributed by atoms with Gasteiger partial charge in [-0.25, -0.2) is 0 Å². The first-order valence-corrected chi connectivity index (χ1v) is 6.98. The average molecular weight is 228 g/mol. The predicted molar refractivity (Wildman–Crippen MR) is 74.0 cm³/mol. The minimum absolute atomic E-state index is 0.438. The molecule has 0 aromatic rings. The molecule has 0 fully saturated rings. The second kappa shape index (κ2) is 9.00. The molecule has 16 heavy (non-hydrogen) atoms. The highest BCUT2D eigenvalue weighted by Crippen LogP contribution is 2.24. The van der Waals surface area contributed by atoms with Gasteiger partial charge in [0, 0.05) is 13.1 Å². The maximum Gasteiger partial charge on any atom is 0.00475 e. The molecular formula is C14H32N2. The molecule has 0 spiro atoms. The number of hydrogen-bond acceptors (Lipinski definition) is 2. The monoisotopic (exact) mass is 228 g/mol. The molecule has 1 unspecified atom stereocenters. The van der Waals surface area contributed by atoms with Crippen molar-refractivity contribution < 1.29 is 0 Å². The van der Waals surface area contributed by atoms with Crippen LogP contribution >= 0.6 is 0 Å². The predicted octanol–water partition coefficient (Wildman–Crippen LogP) is 3.13. The SMILES string of the molecule is CCCN(CCC)CC(C)(CCC)CNC. The minimum atomic E-state index is 0.438. The molecule has 0 bridgehead atoms. The molecule has 0 rings (SSSR count). The van der Waals surface area contributed by atoms with Crippen molar-refractivity contribution in [1.82, 2.24) is 10.2 Å². The van der Waals surface area contributed by atoms with E-state index >= 15 is 0 Å². The smallest absolute Gasteiger partial charge is 0.00475 e. The first-order valence-electron chi connectivity index (χ1n) is 6.98. The van der Waals surface area contributed by atoms with Gasteiger partial charge in [-0.05, 0) is 44.8 Å². The number of hydrogen-bond donors (Lipinski definition) is 1. The van der Waals surface area contributed by atoms with E-state index in [-0.39, 0.29) is 0 Å². The fraction of sp³-hybridized carbons (Fsp3) is 1.00. The Labute approximate surface area is 103 Å². The summed E-state index contributed by atoms with van der Waals surface area (Å²) in [5.74, 6) is 0. The van der Waals surface area contributed by atoms with Crippen LogP contribution in [0.1, 0.15) is 53.4 Å². The first-order chi connectivity index (χ1) is 7.61. The van der Waals surface area contributed by atoms with Gasteiger partial charge in [0.1, 0.15) is 0 Å². The Bertz CT molecular complexity index is 145. The Kier molecular flexibility index (Phi) is 8.96. The molecule has 1 atom stereocenters. The lowest BCUT2D eigenvalue weighted by Gasteiger charge is -2.35. The highest BCUT2D eigenvalue weighted by molar-refractivity contribution is 4.80. The van der Waals surface area contributed by atoms with Gasteiger partial charge in [0.15, 0.2) is 0 Å². The van der Waals surface area contributed by atoms with Crippen LogP contribution in [0.2, 0.25) is 0 Å². The van der Waals surface area contributed by atoms with Gasteiger partial charge in [-0.1, -0.05) is 34.1 Å². The standard InChI is InChI=1S/C14H32N2/c1-6-9-14(4,12-15-5)13-16(10-7-2)11-8-3/h15H,6-13H2,1-5H3. The molecule has 0 saturated heterocycles. The van der Waals surface area contributed by atoms with Crippen molar-refractivity contribution in [3.8, 4) is 0 Å². The summed E-state index contributed by atoms with van der Waals surface area (Å²) < 4.78 is 0. The third-order valence-electron chi connectivity index (χ3n) is 3.14. The van der Waals surface area contributed by atoms with Crippen LogP contribution < -0.4 is 5.32 Å². The summed E-state index contributed by atoms with van der Waals surface area (Å²) in [5, 5.41) is 3.36. The molecule has 0 heterocycles. The normalized spacial score (nSPS) is 15.4. The van der Waals surface area contributed by atoms with Gasteiger partial charge < -0.3 is 10.2 Å². The Morgan fingerprint density at radius 2 is 1.56 bits per heavy atom. The van der Waals surface area contributed by atoms with E-state index < -0.39 is 0 Å². The molecule has 0 aromatic carbocycles. The van der Waals surface area contributed by atoms with Crippen molar-refractivity contribution in [2.24, 2.45) is 5.41 Å². The largest absolute Gasteiger partial charge is 0.319 e. The van der Waals surface area contributed by atoms with Gasteiger partial charge in [0.05, 0.1) is 0 Å². The summed E-state index contributed by atoms with van der Waals surface area (Å²) in [5.41, 5.74) is 0.438. The van der Waals surface area contributed by atoms with Gasteiger partial charge in [0.25, 0.3) is 0 Å². The maximum atomic E-state index is 3.36. The number of nitrogens with zero attached hydrogens (tertiary/aromatic N) is 1. The zero-order valence-corrected chi connectivity index (χ0v) is 12.1. The van der Waals surface area contributed by atoms with Gasteiger partial charge in [0.2, 0.25) is 0 Å². The van der Waals surface area contributed by atoms with Crippen LogP contribution in [0.5, 0.6) is 0 Å². The molecule has 0 aliphatic rings. The molecule has 0 aliphatic carbocycles. The van der Waals surface area contributed by atoms with Crippen LogP contribution in [0.25, 0.3) is 0 Å². The second-order valence-electron chi connectivity index (χ2n) is 5.37. The summed E-state index contributed by atoms with van der Waals surface area (Å²) in [6, 6.07) is 0. The molecule has 1 N–H and O–H groups in total. The maximum absolute atomic E-state index is 3.36. The molecule has 0 aliphatic heterocycles. The Balaban J connectivity index is 4.30. The number of rotatable bonds is 10. The zero-order valence-electron chi connectivity index (χ0n) is 12.1. The third-order valence-corrected chi connectivity index (χ3v) is 3.14. The molecule has 98 valence electrons. The van der Waals surface area contributed by atoms with Crippen LogP contribution in [-0.4, -0.2) is 38.1 Å². The van der Waals surface area contributed by atoms with Gasteiger partial charge >= 0.3 is 0 Å². The lowest BCUT2D eigenvalue weighted by atomic mass is 9.84. The van der Waals surface area contributed by atoms with Gasteiger partial charge in [-0.2, -0.15) is 0 Å². The minimum Gasteiger partial charge on any atom is -0.319 e. The van der Waals surface area contributed by atoms with E-state index in [0.29, 0.717) is 5.41 Å². The van der Waals surface area contributed by atoms with Crippen LogP contribution in [0.4, 0.5) is 0 Å². The Hall–Kier alpha value is -0.0800. The van der Waals surface area contributed by atoms with Crippen LogP contribution in [0.15, 0.2) is 0 Å². The van der Waals surface area contributed by atoms with E-state index in [2.05, 4.69) is 45.0 Å². The fourth-order valence-corrected chi connectivity index (χ4v) is 2.70. The van der Waals surface area contributed by atoms with Crippen LogP contribution in [-0.2, 0) is 0 Å². The van der Waals surface area contributed by atoms with E-state index in [1.165, 1.54) is 45.3 Å². The molecule has 0 aromatic heterocycles. The van der Waals surface area contributed by atoms with Crippen molar-refractivity contribution in [2.75, 3.05) is 33.2 Å². The van der Waals surface area contributed by atoms with Crippen molar-refractivity contribution >= 4 is 0 Å². The number of nitrogens with one attached hydrogen (secondary N) is 1. The molecular weight excluding hydrogens is 196 g/mol. The van der Waals surface area contributed by atoms with Crippen LogP contribution in [0.3, 0.4) is 0 Å². The van der Waals surface area contributed by atoms with Crippen LogP contribution in [0, 0.1) is 5.41 Å². The Morgan fingerprint density at radius 3 is 1.94 bits per heavy atom. The van der Waals surface area contributed by atoms with E-state index in [0.717, 1.165) is 6.54 Å². The molecule has 0 saturated carbocycles. The van der Waals surface area contributed by atoms with Crippen molar-refractivity contribution in [2.45, 2.75) is 53.4 Å². The van der Waals surface area contributed by atoms with E-state index in [1.54, 1.807) is 0 Å². The summed E-state index contributed by atoms with van der Waals surface area (Å²) in [7, 11) is 2.07. The summed E-state index contributed by atoms with van der Waals surface area (Å²) >= 11 is 0. The fourth-order valence-electron chi connectivity index (χ4n) is 2.70. The third kappa shape index (κ3) is 6.49. The average Bonchev–Trinajstić information content (AvgIpc) is 2.18. The van der Waals surface area contributed by atoms with Crippen molar-refractivity contribution in [1.29, 1.82) is 0 Å². The molecule has 0 radical (unpaired) electrons. The van der Waals surface area contributed by atoms with Crippen molar-refractivity contribution in [3.63, 3.8) is 0 Å². The summed E-state index contributed by atoms with van der Waals surface area (Å²) in [6.07, 6.45) is 5.13. The first kappa shape index (κ1) is 15.9. The highest BCUT2D eigenvalue weighted by atomic mass is 15.1. The van der Waals surface area contributed by atoms with Gasteiger partial charge in [-0.15, -0.1) is 0 Å². The molecule has 2 nitrogen and oxygen atoms in total. The highest BCUT2D eigenvalue weighted by Gasteiger charge is 2.24. The second-order valence-corrected chi connectivity index (χ2v) is 5.37. The molecule has 2 heteroatoms. The van der Waals surface area contributed by atoms with E-state index in [9.17, 15) is 0 Å².